The highest BCUT2D eigenvalue weighted by atomic mass is 16.5. The smallest absolute Gasteiger partial charge is 0.178 e. The van der Waals surface area contributed by atoms with Crippen LogP contribution in [0.5, 0.6) is 40.2 Å². The van der Waals surface area contributed by atoms with E-state index in [0.717, 1.165) is 17.7 Å². The number of carbonyl (C=O) groups is 2. The van der Waals surface area contributed by atoms with Gasteiger partial charge < -0.3 is 34.6 Å². The maximum Gasteiger partial charge on any atom is 0.178 e. The Morgan fingerprint density at radius 1 is 0.667 bits per heavy atom. The van der Waals surface area contributed by atoms with Crippen LogP contribution in [0.4, 0.5) is 0 Å². The fourth-order valence-corrected chi connectivity index (χ4v) is 6.28. The second kappa shape index (κ2) is 10.3. The van der Waals surface area contributed by atoms with Gasteiger partial charge in [0.1, 0.15) is 51.9 Å². The zero-order valence-electron chi connectivity index (χ0n) is 22.8. The summed E-state index contributed by atoms with van der Waals surface area (Å²) in [6.45, 7) is 0. The third-order valence-electron chi connectivity index (χ3n) is 8.18. The largest absolute Gasteiger partial charge is 0.508 e. The minimum absolute atomic E-state index is 0.00741. The summed E-state index contributed by atoms with van der Waals surface area (Å²) in [5.41, 5.74) is 1.66. The molecule has 1 aliphatic heterocycles. The molecular weight excluding hydrogens is 540 g/mol. The van der Waals surface area contributed by atoms with Gasteiger partial charge in [-0.25, -0.2) is 0 Å². The molecule has 0 fully saturated rings. The molecule has 0 bridgehead atoms. The Labute approximate surface area is 241 Å². The van der Waals surface area contributed by atoms with E-state index in [1.165, 1.54) is 19.2 Å². The molecule has 0 radical (unpaired) electrons. The molecule has 0 aromatic heterocycles. The standard InChI is InChI=1S/C33H28O9/c1-40-21-7-3-16(4-8-21)23-12-18-11-19(34)13-24(36)27(18)31(38)28(23)30-32(39)29-25(37)14-20(35)15-26(29)42-33(30)17-5-9-22(41-2)10-6-17/h3-11,13-15,23,28,30,33-37H,12H2,1-2H3. The minimum Gasteiger partial charge on any atom is -0.508 e. The van der Waals surface area contributed by atoms with E-state index in [9.17, 15) is 30.0 Å². The Morgan fingerprint density at radius 2 is 1.19 bits per heavy atom. The summed E-state index contributed by atoms with van der Waals surface area (Å²) in [6, 6.07) is 18.9. The van der Waals surface area contributed by atoms with Crippen molar-refractivity contribution in [3.63, 3.8) is 0 Å². The van der Waals surface area contributed by atoms with Crippen molar-refractivity contribution >= 4 is 11.6 Å². The number of hydrogen-bond donors (Lipinski definition) is 4. The molecule has 4 aromatic carbocycles. The summed E-state index contributed by atoms with van der Waals surface area (Å²) >= 11 is 0. The van der Waals surface area contributed by atoms with E-state index in [1.807, 2.05) is 12.1 Å². The van der Waals surface area contributed by atoms with Crippen LogP contribution in [-0.2, 0) is 6.42 Å². The molecule has 4 unspecified atom stereocenters. The van der Waals surface area contributed by atoms with Crippen molar-refractivity contribution < 1.29 is 44.2 Å². The highest BCUT2D eigenvalue weighted by Gasteiger charge is 2.52. The van der Waals surface area contributed by atoms with Crippen LogP contribution in [0.15, 0.2) is 72.8 Å². The zero-order valence-corrected chi connectivity index (χ0v) is 22.8. The monoisotopic (exact) mass is 568 g/mol. The number of carbonyl (C=O) groups excluding carboxylic acids is 2. The summed E-state index contributed by atoms with van der Waals surface area (Å²) in [5, 5.41) is 41.9. The molecule has 214 valence electrons. The third-order valence-corrected chi connectivity index (χ3v) is 8.18. The van der Waals surface area contributed by atoms with Gasteiger partial charge in [-0.1, -0.05) is 24.3 Å². The van der Waals surface area contributed by atoms with E-state index in [0.29, 0.717) is 22.6 Å². The predicted molar refractivity (Wildman–Crippen MR) is 151 cm³/mol. The number of ketones is 2. The number of benzene rings is 4. The molecule has 42 heavy (non-hydrogen) atoms. The van der Waals surface area contributed by atoms with Gasteiger partial charge in [0.25, 0.3) is 0 Å². The number of phenolic OH excluding ortho intramolecular Hbond substituents is 4. The normalized spacial score (nSPS) is 21.2. The number of ether oxygens (including phenoxy) is 3. The van der Waals surface area contributed by atoms with Gasteiger partial charge in [-0.15, -0.1) is 0 Å². The number of methoxy groups -OCH3 is 2. The van der Waals surface area contributed by atoms with Crippen molar-refractivity contribution in [2.75, 3.05) is 14.2 Å². The molecule has 6 rings (SSSR count). The molecule has 9 heteroatoms. The lowest BCUT2D eigenvalue weighted by Crippen LogP contribution is -2.45. The molecule has 0 spiro atoms. The van der Waals surface area contributed by atoms with Crippen molar-refractivity contribution in [2.45, 2.75) is 18.4 Å². The fourth-order valence-electron chi connectivity index (χ4n) is 6.28. The Bertz CT molecular complexity index is 1570. The van der Waals surface area contributed by atoms with Crippen LogP contribution in [0, 0.1) is 11.8 Å². The first-order valence-corrected chi connectivity index (χ1v) is 13.3. The fraction of sp³-hybridized carbons (Fsp3) is 0.212. The van der Waals surface area contributed by atoms with Crippen LogP contribution < -0.4 is 14.2 Å². The van der Waals surface area contributed by atoms with Gasteiger partial charge in [-0.3, -0.25) is 9.59 Å². The minimum atomic E-state index is -1.14. The molecular formula is C33H28O9. The number of hydrogen-bond acceptors (Lipinski definition) is 9. The molecule has 1 aliphatic carbocycles. The second-order valence-corrected chi connectivity index (χ2v) is 10.5. The van der Waals surface area contributed by atoms with Crippen LogP contribution in [0.25, 0.3) is 0 Å². The van der Waals surface area contributed by atoms with Crippen LogP contribution >= 0.6 is 0 Å². The Kier molecular flexibility index (Phi) is 6.65. The number of fused-ring (bicyclic) bond motifs is 2. The quantitative estimate of drug-likeness (QED) is 0.252. The van der Waals surface area contributed by atoms with Crippen LogP contribution in [-0.4, -0.2) is 46.2 Å². The summed E-state index contributed by atoms with van der Waals surface area (Å²) in [6.07, 6.45) is -0.763. The van der Waals surface area contributed by atoms with Gasteiger partial charge >= 0.3 is 0 Å². The summed E-state index contributed by atoms with van der Waals surface area (Å²) in [4.78, 5) is 28.8. The highest BCUT2D eigenvalue weighted by molar-refractivity contribution is 6.10. The second-order valence-electron chi connectivity index (χ2n) is 10.5. The Morgan fingerprint density at radius 3 is 1.79 bits per heavy atom. The van der Waals surface area contributed by atoms with E-state index in [1.54, 1.807) is 43.5 Å². The van der Waals surface area contributed by atoms with Crippen LogP contribution in [0.2, 0.25) is 0 Å². The van der Waals surface area contributed by atoms with Gasteiger partial charge in [0.2, 0.25) is 0 Å². The topological polar surface area (TPSA) is 143 Å². The first kappa shape index (κ1) is 27.0. The van der Waals surface area contributed by atoms with Crippen LogP contribution in [0.3, 0.4) is 0 Å². The lowest BCUT2D eigenvalue weighted by atomic mass is 9.62. The average molecular weight is 569 g/mol. The highest BCUT2D eigenvalue weighted by Crippen LogP contribution is 2.53. The molecule has 0 amide bonds. The van der Waals surface area contributed by atoms with Crippen molar-refractivity contribution in [2.24, 2.45) is 11.8 Å². The molecule has 4 N–H and O–H groups in total. The predicted octanol–water partition coefficient (Wildman–Crippen LogP) is 5.30. The van der Waals surface area contributed by atoms with E-state index < -0.39 is 41.2 Å². The van der Waals surface area contributed by atoms with Gasteiger partial charge in [0, 0.05) is 24.1 Å². The number of aromatic hydroxyl groups is 4. The van der Waals surface area contributed by atoms with E-state index in [4.69, 9.17) is 14.2 Å². The van der Waals surface area contributed by atoms with E-state index >= 15 is 0 Å². The van der Waals surface area contributed by atoms with Gasteiger partial charge in [-0.2, -0.15) is 0 Å². The van der Waals surface area contributed by atoms with Crippen LogP contribution in [0.1, 0.15) is 49.4 Å². The first-order chi connectivity index (χ1) is 20.2. The number of rotatable bonds is 5. The molecule has 9 nitrogen and oxygen atoms in total. The van der Waals surface area contributed by atoms with Crippen molar-refractivity contribution in [1.29, 1.82) is 0 Å². The molecule has 0 saturated carbocycles. The lowest BCUT2D eigenvalue weighted by Gasteiger charge is -2.42. The molecule has 1 heterocycles. The van der Waals surface area contributed by atoms with Gasteiger partial charge in [-0.05, 0) is 59.4 Å². The maximum absolute atomic E-state index is 14.4. The molecule has 0 saturated heterocycles. The summed E-state index contributed by atoms with van der Waals surface area (Å²) in [7, 11) is 3.07. The first-order valence-electron chi connectivity index (χ1n) is 13.3. The third kappa shape index (κ3) is 4.43. The number of Topliss-reactive ketones (excluding diaryl/α,β-unsaturated/α-hetero) is 2. The van der Waals surface area contributed by atoms with Gasteiger partial charge in [0.15, 0.2) is 11.6 Å². The molecule has 4 atom stereocenters. The summed E-state index contributed by atoms with van der Waals surface area (Å²) < 4.78 is 16.9. The van der Waals surface area contributed by atoms with Gasteiger partial charge in [0.05, 0.1) is 25.7 Å². The molecule has 4 aromatic rings. The van der Waals surface area contributed by atoms with E-state index in [-0.39, 0.29) is 40.5 Å². The van der Waals surface area contributed by atoms with Crippen molar-refractivity contribution in [3.8, 4) is 40.2 Å². The van der Waals surface area contributed by atoms with Crippen molar-refractivity contribution in [1.82, 2.24) is 0 Å². The van der Waals surface area contributed by atoms with E-state index in [2.05, 4.69) is 0 Å². The molecule has 2 aliphatic rings. The maximum atomic E-state index is 14.4. The Balaban J connectivity index is 1.57. The summed E-state index contributed by atoms with van der Waals surface area (Å²) in [5.74, 6) is -3.90. The lowest BCUT2D eigenvalue weighted by molar-refractivity contribution is 0.0398. The Hall–Kier alpha value is -5.18. The number of phenols is 4. The SMILES string of the molecule is COc1ccc(C2Cc3cc(O)cc(O)c3C(=O)C2C2C(=O)c3c(O)cc(O)cc3OC2c2ccc(OC)cc2)cc1. The van der Waals surface area contributed by atoms with Crippen molar-refractivity contribution in [3.05, 3.63) is 101 Å². The zero-order chi connectivity index (χ0) is 29.7. The average Bonchev–Trinajstić information content (AvgIpc) is 2.96.